The molecule has 122 valence electrons. The highest BCUT2D eigenvalue weighted by molar-refractivity contribution is 5.93. The highest BCUT2D eigenvalue weighted by Crippen LogP contribution is 2.25. The van der Waals surface area contributed by atoms with Crippen LogP contribution in [0, 0.1) is 6.92 Å². The Labute approximate surface area is 136 Å². The zero-order chi connectivity index (χ0) is 16.7. The van der Waals surface area contributed by atoms with Crippen LogP contribution in [0.25, 0.3) is 0 Å². The molecule has 0 fully saturated rings. The molecule has 0 bridgehead atoms. The molecular formula is C18H21NO4. The Morgan fingerprint density at radius 3 is 2.52 bits per heavy atom. The van der Waals surface area contributed by atoms with E-state index >= 15 is 0 Å². The monoisotopic (exact) mass is 315 g/mol. The van der Waals surface area contributed by atoms with Gasteiger partial charge in [-0.15, -0.1) is 0 Å². The van der Waals surface area contributed by atoms with Gasteiger partial charge < -0.3 is 19.5 Å². The Kier molecular flexibility index (Phi) is 5.86. The Bertz CT molecular complexity index is 670. The van der Waals surface area contributed by atoms with Crippen molar-refractivity contribution in [3.8, 4) is 17.2 Å². The number of hydrogen-bond donors (Lipinski definition) is 1. The summed E-state index contributed by atoms with van der Waals surface area (Å²) in [4.78, 5) is 12.1. The van der Waals surface area contributed by atoms with Crippen molar-refractivity contribution in [2.24, 2.45) is 0 Å². The predicted molar refractivity (Wildman–Crippen MR) is 89.5 cm³/mol. The van der Waals surface area contributed by atoms with Crippen molar-refractivity contribution in [1.82, 2.24) is 0 Å². The van der Waals surface area contributed by atoms with Gasteiger partial charge in [-0.25, -0.2) is 0 Å². The van der Waals surface area contributed by atoms with E-state index in [0.29, 0.717) is 29.5 Å². The first kappa shape index (κ1) is 16.7. The third kappa shape index (κ3) is 4.92. The number of hydrogen-bond acceptors (Lipinski definition) is 4. The van der Waals surface area contributed by atoms with Crippen LogP contribution >= 0.6 is 0 Å². The Balaban J connectivity index is 1.95. The van der Waals surface area contributed by atoms with E-state index in [9.17, 15) is 4.79 Å². The first-order valence-electron chi connectivity index (χ1n) is 7.42. The highest BCUT2D eigenvalue weighted by atomic mass is 16.5. The molecule has 0 radical (unpaired) electrons. The Morgan fingerprint density at radius 2 is 1.83 bits per heavy atom. The fourth-order valence-corrected chi connectivity index (χ4v) is 2.08. The zero-order valence-corrected chi connectivity index (χ0v) is 13.6. The summed E-state index contributed by atoms with van der Waals surface area (Å²) in [7, 11) is 1.57. The lowest BCUT2D eigenvalue weighted by atomic mass is 10.2. The van der Waals surface area contributed by atoms with Crippen LogP contribution in [-0.4, -0.2) is 26.2 Å². The second-order valence-electron chi connectivity index (χ2n) is 4.95. The fourth-order valence-electron chi connectivity index (χ4n) is 2.08. The van der Waals surface area contributed by atoms with E-state index in [1.807, 2.05) is 44.2 Å². The van der Waals surface area contributed by atoms with Gasteiger partial charge >= 0.3 is 0 Å². The standard InChI is InChI=1S/C18H21NO4/c1-4-22-14-6-5-7-15(11-14)23-12-18(20)19-16-10-13(2)8-9-17(16)21-3/h5-11H,4,12H2,1-3H3,(H,19,20). The number of benzene rings is 2. The molecule has 2 aromatic carbocycles. The summed E-state index contributed by atoms with van der Waals surface area (Å²) in [5, 5.41) is 2.79. The molecule has 0 heterocycles. The number of nitrogens with one attached hydrogen (secondary N) is 1. The molecule has 23 heavy (non-hydrogen) atoms. The molecule has 1 amide bonds. The summed E-state index contributed by atoms with van der Waals surface area (Å²) in [6.07, 6.45) is 0. The molecule has 2 aromatic rings. The van der Waals surface area contributed by atoms with E-state index in [2.05, 4.69) is 5.32 Å². The van der Waals surface area contributed by atoms with Crippen LogP contribution in [-0.2, 0) is 4.79 Å². The van der Waals surface area contributed by atoms with Crippen LogP contribution in [0.15, 0.2) is 42.5 Å². The van der Waals surface area contributed by atoms with Gasteiger partial charge in [-0.1, -0.05) is 12.1 Å². The van der Waals surface area contributed by atoms with Gasteiger partial charge in [-0.05, 0) is 43.7 Å². The Morgan fingerprint density at radius 1 is 1.09 bits per heavy atom. The summed E-state index contributed by atoms with van der Waals surface area (Å²) in [5.74, 6) is 1.66. The lowest BCUT2D eigenvalue weighted by Crippen LogP contribution is -2.20. The van der Waals surface area contributed by atoms with E-state index in [0.717, 1.165) is 5.56 Å². The van der Waals surface area contributed by atoms with Crippen LogP contribution < -0.4 is 19.5 Å². The summed E-state index contributed by atoms with van der Waals surface area (Å²) < 4.78 is 16.1. The van der Waals surface area contributed by atoms with Gasteiger partial charge in [0.2, 0.25) is 0 Å². The van der Waals surface area contributed by atoms with Crippen molar-refractivity contribution in [2.45, 2.75) is 13.8 Å². The van der Waals surface area contributed by atoms with Crippen LogP contribution in [0.2, 0.25) is 0 Å². The molecule has 0 aliphatic heterocycles. The van der Waals surface area contributed by atoms with Crippen molar-refractivity contribution < 1.29 is 19.0 Å². The summed E-state index contributed by atoms with van der Waals surface area (Å²) in [6, 6.07) is 12.8. The van der Waals surface area contributed by atoms with Crippen LogP contribution in [0.5, 0.6) is 17.2 Å². The minimum atomic E-state index is -0.254. The summed E-state index contributed by atoms with van der Waals surface area (Å²) in [5.41, 5.74) is 1.66. The molecule has 0 aliphatic carbocycles. The molecule has 0 unspecified atom stereocenters. The van der Waals surface area contributed by atoms with Crippen molar-refractivity contribution in [3.63, 3.8) is 0 Å². The van der Waals surface area contributed by atoms with Crippen molar-refractivity contribution >= 4 is 11.6 Å². The number of amides is 1. The summed E-state index contributed by atoms with van der Waals surface area (Å²) >= 11 is 0. The third-order valence-electron chi connectivity index (χ3n) is 3.12. The highest BCUT2D eigenvalue weighted by Gasteiger charge is 2.09. The van der Waals surface area contributed by atoms with Gasteiger partial charge in [0.25, 0.3) is 5.91 Å². The average Bonchev–Trinajstić information content (AvgIpc) is 2.54. The molecule has 5 nitrogen and oxygen atoms in total. The third-order valence-corrected chi connectivity index (χ3v) is 3.12. The molecule has 1 N–H and O–H groups in total. The normalized spacial score (nSPS) is 10.0. The number of carbonyl (C=O) groups is 1. The second-order valence-corrected chi connectivity index (χ2v) is 4.95. The van der Waals surface area contributed by atoms with Gasteiger partial charge in [-0.3, -0.25) is 4.79 Å². The molecule has 0 saturated carbocycles. The first-order valence-corrected chi connectivity index (χ1v) is 7.42. The molecule has 0 saturated heterocycles. The summed E-state index contributed by atoms with van der Waals surface area (Å²) in [6.45, 7) is 4.35. The van der Waals surface area contributed by atoms with Gasteiger partial charge in [0.1, 0.15) is 17.2 Å². The molecule has 0 spiro atoms. The quantitative estimate of drug-likeness (QED) is 0.850. The van der Waals surface area contributed by atoms with E-state index in [-0.39, 0.29) is 12.5 Å². The van der Waals surface area contributed by atoms with Crippen LogP contribution in [0.1, 0.15) is 12.5 Å². The van der Waals surface area contributed by atoms with E-state index in [4.69, 9.17) is 14.2 Å². The fraction of sp³-hybridized carbons (Fsp3) is 0.278. The lowest BCUT2D eigenvalue weighted by Gasteiger charge is -2.12. The minimum Gasteiger partial charge on any atom is -0.495 e. The SMILES string of the molecule is CCOc1cccc(OCC(=O)Nc2cc(C)ccc2OC)c1. The molecule has 0 aliphatic rings. The van der Waals surface area contributed by atoms with Gasteiger partial charge in [-0.2, -0.15) is 0 Å². The maximum Gasteiger partial charge on any atom is 0.262 e. The van der Waals surface area contributed by atoms with E-state index in [1.165, 1.54) is 0 Å². The topological polar surface area (TPSA) is 56.8 Å². The smallest absolute Gasteiger partial charge is 0.262 e. The zero-order valence-electron chi connectivity index (χ0n) is 13.6. The number of aryl methyl sites for hydroxylation is 1. The maximum absolute atomic E-state index is 12.1. The number of rotatable bonds is 7. The van der Waals surface area contributed by atoms with Crippen molar-refractivity contribution in [2.75, 3.05) is 25.6 Å². The van der Waals surface area contributed by atoms with Crippen LogP contribution in [0.3, 0.4) is 0 Å². The maximum atomic E-state index is 12.1. The van der Waals surface area contributed by atoms with Gasteiger partial charge in [0.05, 0.1) is 19.4 Å². The molecule has 0 atom stereocenters. The number of methoxy groups -OCH3 is 1. The minimum absolute atomic E-state index is 0.0906. The Hall–Kier alpha value is -2.69. The van der Waals surface area contributed by atoms with Crippen molar-refractivity contribution in [1.29, 1.82) is 0 Å². The van der Waals surface area contributed by atoms with Gasteiger partial charge in [0, 0.05) is 6.07 Å². The second kappa shape index (κ2) is 8.08. The average molecular weight is 315 g/mol. The molecule has 5 heteroatoms. The van der Waals surface area contributed by atoms with E-state index in [1.54, 1.807) is 19.2 Å². The molecule has 0 aromatic heterocycles. The number of anilines is 1. The van der Waals surface area contributed by atoms with E-state index < -0.39 is 0 Å². The van der Waals surface area contributed by atoms with Crippen LogP contribution in [0.4, 0.5) is 5.69 Å². The lowest BCUT2D eigenvalue weighted by molar-refractivity contribution is -0.118. The first-order chi connectivity index (χ1) is 11.1. The largest absolute Gasteiger partial charge is 0.495 e. The molecular weight excluding hydrogens is 294 g/mol. The number of carbonyl (C=O) groups excluding carboxylic acids is 1. The predicted octanol–water partition coefficient (Wildman–Crippen LogP) is 3.42. The van der Waals surface area contributed by atoms with Gasteiger partial charge in [0.15, 0.2) is 6.61 Å². The molecule has 2 rings (SSSR count). The number of ether oxygens (including phenoxy) is 3. The van der Waals surface area contributed by atoms with Crippen molar-refractivity contribution in [3.05, 3.63) is 48.0 Å².